The summed E-state index contributed by atoms with van der Waals surface area (Å²) < 4.78 is 10.8. The summed E-state index contributed by atoms with van der Waals surface area (Å²) in [6.45, 7) is 2.23. The van der Waals surface area contributed by atoms with E-state index >= 15 is 0 Å². The second-order valence-corrected chi connectivity index (χ2v) is 6.36. The van der Waals surface area contributed by atoms with Crippen LogP contribution in [0.3, 0.4) is 0 Å². The smallest absolute Gasteiger partial charge is 0.231 e. The number of fused-ring (bicyclic) bond motifs is 1. The van der Waals surface area contributed by atoms with E-state index in [0.29, 0.717) is 0 Å². The van der Waals surface area contributed by atoms with Crippen molar-refractivity contribution in [3.8, 4) is 33.3 Å². The van der Waals surface area contributed by atoms with E-state index in [-0.39, 0.29) is 12.8 Å². The molecule has 0 spiro atoms. The molecule has 1 atom stereocenters. The van der Waals surface area contributed by atoms with E-state index in [1.54, 1.807) is 23.7 Å². The Hall–Kier alpha value is -2.44. The van der Waals surface area contributed by atoms with Gasteiger partial charge in [0.15, 0.2) is 11.5 Å². The Bertz CT molecular complexity index is 846. The highest BCUT2D eigenvalue weighted by Crippen LogP contribution is 2.40. The summed E-state index contributed by atoms with van der Waals surface area (Å²) in [4.78, 5) is 9.92. The predicted molar refractivity (Wildman–Crippen MR) is 89.5 cm³/mol. The van der Waals surface area contributed by atoms with Gasteiger partial charge in [-0.05, 0) is 37.3 Å². The molecule has 0 saturated heterocycles. The second-order valence-electron chi connectivity index (χ2n) is 5.32. The Kier molecular flexibility index (Phi) is 3.48. The van der Waals surface area contributed by atoms with Crippen molar-refractivity contribution in [3.63, 3.8) is 0 Å². The number of nitrogens with two attached hydrogens (primary N) is 1. The Balaban J connectivity index is 1.83. The molecule has 1 unspecified atom stereocenters. The van der Waals surface area contributed by atoms with E-state index in [1.807, 2.05) is 37.3 Å². The van der Waals surface area contributed by atoms with Crippen LogP contribution in [-0.2, 0) is 0 Å². The third kappa shape index (κ3) is 2.56. The summed E-state index contributed by atoms with van der Waals surface area (Å²) in [7, 11) is 0. The molecular formula is C17H15N3O2S. The lowest BCUT2D eigenvalue weighted by atomic mass is 10.1. The third-order valence-corrected chi connectivity index (χ3v) is 4.95. The molecule has 2 N–H and O–H groups in total. The predicted octanol–water partition coefficient (Wildman–Crippen LogP) is 3.62. The zero-order valence-corrected chi connectivity index (χ0v) is 13.3. The van der Waals surface area contributed by atoms with Gasteiger partial charge in [0.25, 0.3) is 0 Å². The van der Waals surface area contributed by atoms with Crippen LogP contribution in [0.25, 0.3) is 21.8 Å². The molecule has 0 saturated carbocycles. The molecule has 5 nitrogen and oxygen atoms in total. The second kappa shape index (κ2) is 5.64. The highest BCUT2D eigenvalue weighted by Gasteiger charge is 2.20. The minimum Gasteiger partial charge on any atom is -0.454 e. The molecule has 1 aliphatic rings. The van der Waals surface area contributed by atoms with Crippen LogP contribution in [-0.4, -0.2) is 16.8 Å². The van der Waals surface area contributed by atoms with Crippen LogP contribution in [0.4, 0.5) is 0 Å². The highest BCUT2D eigenvalue weighted by atomic mass is 32.1. The summed E-state index contributed by atoms with van der Waals surface area (Å²) in [5.74, 6) is 1.51. The molecule has 4 rings (SSSR count). The van der Waals surface area contributed by atoms with E-state index in [0.717, 1.165) is 38.2 Å². The Morgan fingerprint density at radius 2 is 1.87 bits per heavy atom. The quantitative estimate of drug-likeness (QED) is 0.796. The van der Waals surface area contributed by atoms with Crippen LogP contribution in [0.2, 0.25) is 0 Å². The van der Waals surface area contributed by atoms with Gasteiger partial charge >= 0.3 is 0 Å². The topological polar surface area (TPSA) is 70.3 Å². The standard InChI is InChI=1S/C17H15N3O2S/c1-10(18)16-15(12-2-3-13-14(8-12)22-9-21-13)20-17(23-16)11-4-6-19-7-5-11/h2-8,10H,9,18H2,1H3. The van der Waals surface area contributed by atoms with Crippen LogP contribution < -0.4 is 15.2 Å². The van der Waals surface area contributed by atoms with Gasteiger partial charge in [-0.1, -0.05) is 0 Å². The van der Waals surface area contributed by atoms with Crippen molar-refractivity contribution < 1.29 is 9.47 Å². The average molecular weight is 325 g/mol. The third-order valence-electron chi connectivity index (χ3n) is 3.64. The number of hydrogen-bond donors (Lipinski definition) is 1. The fourth-order valence-corrected chi connectivity index (χ4v) is 3.55. The maximum absolute atomic E-state index is 6.16. The van der Waals surface area contributed by atoms with Gasteiger partial charge in [-0.15, -0.1) is 11.3 Å². The van der Waals surface area contributed by atoms with Crippen molar-refractivity contribution in [2.75, 3.05) is 6.79 Å². The van der Waals surface area contributed by atoms with E-state index in [4.69, 9.17) is 20.2 Å². The Morgan fingerprint density at radius 1 is 1.09 bits per heavy atom. The fourth-order valence-electron chi connectivity index (χ4n) is 2.51. The molecule has 0 fully saturated rings. The van der Waals surface area contributed by atoms with Gasteiger partial charge in [-0.25, -0.2) is 4.98 Å². The molecule has 23 heavy (non-hydrogen) atoms. The van der Waals surface area contributed by atoms with Gasteiger partial charge in [0.1, 0.15) is 5.01 Å². The average Bonchev–Trinajstić information content (AvgIpc) is 3.22. The molecule has 3 aromatic rings. The molecular weight excluding hydrogens is 310 g/mol. The molecule has 1 aliphatic heterocycles. The minimum atomic E-state index is -0.0940. The van der Waals surface area contributed by atoms with Gasteiger partial charge in [0.2, 0.25) is 6.79 Å². The lowest BCUT2D eigenvalue weighted by molar-refractivity contribution is 0.174. The molecule has 0 radical (unpaired) electrons. The molecule has 116 valence electrons. The monoisotopic (exact) mass is 325 g/mol. The van der Waals surface area contributed by atoms with Crippen molar-refractivity contribution in [2.24, 2.45) is 5.73 Å². The van der Waals surface area contributed by atoms with Crippen LogP contribution >= 0.6 is 11.3 Å². The largest absolute Gasteiger partial charge is 0.454 e. The van der Waals surface area contributed by atoms with Crippen molar-refractivity contribution in [3.05, 3.63) is 47.6 Å². The molecule has 1 aromatic carbocycles. The number of hydrogen-bond acceptors (Lipinski definition) is 6. The van der Waals surface area contributed by atoms with E-state index in [9.17, 15) is 0 Å². The molecule has 3 heterocycles. The summed E-state index contributed by atoms with van der Waals surface area (Å²) in [6.07, 6.45) is 3.53. The van der Waals surface area contributed by atoms with Crippen molar-refractivity contribution in [1.82, 2.24) is 9.97 Å². The summed E-state index contributed by atoms with van der Waals surface area (Å²) in [6, 6.07) is 9.67. The van der Waals surface area contributed by atoms with E-state index in [2.05, 4.69) is 4.98 Å². The maximum Gasteiger partial charge on any atom is 0.231 e. The zero-order valence-electron chi connectivity index (χ0n) is 12.5. The van der Waals surface area contributed by atoms with Gasteiger partial charge in [-0.3, -0.25) is 4.98 Å². The van der Waals surface area contributed by atoms with E-state index < -0.39 is 0 Å². The van der Waals surface area contributed by atoms with E-state index in [1.165, 1.54) is 0 Å². The van der Waals surface area contributed by atoms with Crippen molar-refractivity contribution >= 4 is 11.3 Å². The molecule has 0 amide bonds. The van der Waals surface area contributed by atoms with Crippen LogP contribution in [0, 0.1) is 0 Å². The van der Waals surface area contributed by atoms with Gasteiger partial charge < -0.3 is 15.2 Å². The summed E-state index contributed by atoms with van der Waals surface area (Å²) >= 11 is 1.61. The molecule has 2 aromatic heterocycles. The van der Waals surface area contributed by atoms with Gasteiger partial charge in [-0.2, -0.15) is 0 Å². The first-order chi connectivity index (χ1) is 11.2. The number of nitrogens with zero attached hydrogens (tertiary/aromatic N) is 2. The Morgan fingerprint density at radius 3 is 2.65 bits per heavy atom. The molecule has 6 heteroatoms. The fraction of sp³-hybridized carbons (Fsp3) is 0.176. The van der Waals surface area contributed by atoms with Crippen LogP contribution in [0.1, 0.15) is 17.8 Å². The lowest BCUT2D eigenvalue weighted by Crippen LogP contribution is -2.04. The first-order valence-electron chi connectivity index (χ1n) is 7.29. The number of rotatable bonds is 3. The minimum absolute atomic E-state index is 0.0940. The molecule has 0 bridgehead atoms. The molecule has 0 aliphatic carbocycles. The van der Waals surface area contributed by atoms with Gasteiger partial charge in [0, 0.05) is 34.4 Å². The van der Waals surface area contributed by atoms with Crippen LogP contribution in [0.15, 0.2) is 42.7 Å². The van der Waals surface area contributed by atoms with Crippen molar-refractivity contribution in [1.29, 1.82) is 0 Å². The number of aromatic nitrogens is 2. The number of ether oxygens (including phenoxy) is 2. The Labute approximate surface area is 137 Å². The maximum atomic E-state index is 6.16. The lowest BCUT2D eigenvalue weighted by Gasteiger charge is -2.06. The van der Waals surface area contributed by atoms with Crippen molar-refractivity contribution in [2.45, 2.75) is 13.0 Å². The number of benzene rings is 1. The zero-order chi connectivity index (χ0) is 15.8. The highest BCUT2D eigenvalue weighted by molar-refractivity contribution is 7.15. The SMILES string of the molecule is CC(N)c1sc(-c2ccncc2)nc1-c1ccc2c(c1)OCO2. The summed E-state index contributed by atoms with van der Waals surface area (Å²) in [5.41, 5.74) is 9.08. The summed E-state index contributed by atoms with van der Waals surface area (Å²) in [5, 5.41) is 0.937. The van der Waals surface area contributed by atoms with Gasteiger partial charge in [0.05, 0.1) is 5.69 Å². The number of pyridine rings is 1. The van der Waals surface area contributed by atoms with Crippen LogP contribution in [0.5, 0.6) is 11.5 Å². The first kappa shape index (κ1) is 14.2. The normalized spacial score (nSPS) is 14.0. The number of thiazole rings is 1. The first-order valence-corrected chi connectivity index (χ1v) is 8.11.